The number of halogens is 1. The Balaban J connectivity index is 1.72. The van der Waals surface area contributed by atoms with E-state index in [1.807, 2.05) is 61.5 Å². The van der Waals surface area contributed by atoms with E-state index in [0.29, 0.717) is 17.8 Å². The molecule has 0 aliphatic heterocycles. The van der Waals surface area contributed by atoms with Crippen LogP contribution in [-0.2, 0) is 17.8 Å². The first kappa shape index (κ1) is 22.8. The maximum Gasteiger partial charge on any atom is 0.234 e. The number of aryl methyl sites for hydroxylation is 2. The zero-order chi connectivity index (χ0) is 23.5. The molecular weight excluding hydrogens is 415 g/mol. The molecular formula is C28H31FN2O2. The van der Waals surface area contributed by atoms with Crippen LogP contribution in [0.1, 0.15) is 41.0 Å². The van der Waals surface area contributed by atoms with Crippen molar-refractivity contribution in [1.29, 1.82) is 0 Å². The Kier molecular flexibility index (Phi) is 6.68. The molecule has 0 saturated heterocycles. The minimum Gasteiger partial charge on any atom is -0.497 e. The van der Waals surface area contributed by atoms with Crippen LogP contribution in [-0.4, -0.2) is 27.1 Å². The fourth-order valence-corrected chi connectivity index (χ4v) is 4.48. The van der Waals surface area contributed by atoms with Gasteiger partial charge in [0.15, 0.2) is 0 Å². The summed E-state index contributed by atoms with van der Waals surface area (Å²) in [6.07, 6.45) is 2.67. The number of fused-ring (bicyclic) bond motifs is 1. The van der Waals surface area contributed by atoms with Gasteiger partial charge in [-0.3, -0.25) is 4.79 Å². The fraction of sp³-hybridized carbons (Fsp3) is 0.321. The van der Waals surface area contributed by atoms with Gasteiger partial charge >= 0.3 is 0 Å². The summed E-state index contributed by atoms with van der Waals surface area (Å²) >= 11 is 0. The van der Waals surface area contributed by atoms with Crippen LogP contribution < -0.4 is 14.5 Å². The molecule has 33 heavy (non-hydrogen) atoms. The Morgan fingerprint density at radius 2 is 1.76 bits per heavy atom. The van der Waals surface area contributed by atoms with Gasteiger partial charge in [-0.25, -0.2) is 4.39 Å². The number of methoxy groups -OCH3 is 1. The zero-order valence-corrected chi connectivity index (χ0v) is 19.8. The normalized spacial score (nSPS) is 15.0. The van der Waals surface area contributed by atoms with Crippen LogP contribution in [0.5, 0.6) is 5.75 Å². The highest BCUT2D eigenvalue weighted by molar-refractivity contribution is 5.98. The molecule has 0 N–H and O–H groups in total. The number of hydrogen-bond acceptors (Lipinski definition) is 3. The molecule has 0 bridgehead atoms. The summed E-state index contributed by atoms with van der Waals surface area (Å²) in [7, 11) is 5.63. The third-order valence-corrected chi connectivity index (χ3v) is 6.49. The Morgan fingerprint density at radius 1 is 1.03 bits per heavy atom. The summed E-state index contributed by atoms with van der Waals surface area (Å²) < 4.78 is 19.9. The molecule has 0 heterocycles. The molecule has 1 unspecified atom stereocenters. The summed E-state index contributed by atoms with van der Waals surface area (Å²) in [6, 6.07) is 19.2. The smallest absolute Gasteiger partial charge is 0.234 e. The second kappa shape index (κ2) is 9.65. The van der Waals surface area contributed by atoms with Crippen molar-refractivity contribution in [3.63, 3.8) is 0 Å². The largest absolute Gasteiger partial charge is 0.497 e. The van der Waals surface area contributed by atoms with E-state index >= 15 is 0 Å². The maximum atomic E-state index is 14.5. The Labute approximate surface area is 195 Å². The number of carbonyl (C=O) groups is 1. The van der Waals surface area contributed by atoms with Crippen molar-refractivity contribution in [2.45, 2.75) is 38.6 Å². The van der Waals surface area contributed by atoms with Gasteiger partial charge in [0.1, 0.15) is 11.6 Å². The van der Waals surface area contributed by atoms with Crippen molar-refractivity contribution in [3.05, 3.63) is 88.7 Å². The maximum absolute atomic E-state index is 14.5. The van der Waals surface area contributed by atoms with E-state index in [-0.39, 0.29) is 17.6 Å². The molecule has 1 atom stereocenters. The molecule has 5 heteroatoms. The highest BCUT2D eigenvalue weighted by Crippen LogP contribution is 2.37. The molecule has 0 spiro atoms. The number of benzene rings is 3. The number of carbonyl (C=O) groups excluding carboxylic acids is 1. The number of rotatable bonds is 6. The van der Waals surface area contributed by atoms with Gasteiger partial charge in [-0.1, -0.05) is 24.3 Å². The van der Waals surface area contributed by atoms with Crippen molar-refractivity contribution in [3.8, 4) is 5.75 Å². The average Bonchev–Trinajstić information content (AvgIpc) is 2.83. The van der Waals surface area contributed by atoms with E-state index in [4.69, 9.17) is 4.74 Å². The molecule has 0 radical (unpaired) electrons. The number of ether oxygens (including phenoxy) is 1. The van der Waals surface area contributed by atoms with Crippen molar-refractivity contribution < 1.29 is 13.9 Å². The van der Waals surface area contributed by atoms with E-state index in [0.717, 1.165) is 41.8 Å². The van der Waals surface area contributed by atoms with E-state index in [9.17, 15) is 9.18 Å². The Bertz CT molecular complexity index is 1140. The van der Waals surface area contributed by atoms with E-state index in [1.54, 1.807) is 25.0 Å². The molecule has 0 fully saturated rings. The lowest BCUT2D eigenvalue weighted by Crippen LogP contribution is -2.36. The predicted octanol–water partition coefficient (Wildman–Crippen LogP) is 5.86. The lowest BCUT2D eigenvalue weighted by Gasteiger charge is -2.31. The van der Waals surface area contributed by atoms with Gasteiger partial charge in [-0.15, -0.1) is 0 Å². The molecule has 0 aromatic heterocycles. The zero-order valence-electron chi connectivity index (χ0n) is 19.8. The van der Waals surface area contributed by atoms with Gasteiger partial charge in [-0.05, 0) is 84.8 Å². The second-order valence-electron chi connectivity index (χ2n) is 8.93. The molecule has 3 aromatic carbocycles. The summed E-state index contributed by atoms with van der Waals surface area (Å²) in [6.45, 7) is 2.11. The van der Waals surface area contributed by atoms with Crippen molar-refractivity contribution in [2.24, 2.45) is 0 Å². The molecule has 1 aliphatic carbocycles. The van der Waals surface area contributed by atoms with Gasteiger partial charge in [-0.2, -0.15) is 0 Å². The second-order valence-corrected chi connectivity index (χ2v) is 8.93. The molecule has 4 nitrogen and oxygen atoms in total. The summed E-state index contributed by atoms with van der Waals surface area (Å²) in [5.41, 5.74) is 5.43. The highest BCUT2D eigenvalue weighted by atomic mass is 19.1. The number of anilines is 2. The first-order chi connectivity index (χ1) is 15.9. The number of amides is 1. The van der Waals surface area contributed by atoms with Gasteiger partial charge in [0.05, 0.1) is 19.6 Å². The molecule has 4 rings (SSSR count). The minimum absolute atomic E-state index is 0.0101. The quantitative estimate of drug-likeness (QED) is 0.475. The Morgan fingerprint density at radius 3 is 2.42 bits per heavy atom. The predicted molar refractivity (Wildman–Crippen MR) is 132 cm³/mol. The van der Waals surface area contributed by atoms with Gasteiger partial charge in [0, 0.05) is 25.5 Å². The van der Waals surface area contributed by atoms with Crippen LogP contribution in [0.3, 0.4) is 0 Å². The third-order valence-electron chi connectivity index (χ3n) is 6.49. The molecule has 1 amide bonds. The molecule has 3 aromatic rings. The van der Waals surface area contributed by atoms with Crippen LogP contribution in [0.2, 0.25) is 0 Å². The summed E-state index contributed by atoms with van der Waals surface area (Å²) in [5, 5.41) is 0. The van der Waals surface area contributed by atoms with Gasteiger partial charge in [0.2, 0.25) is 5.91 Å². The van der Waals surface area contributed by atoms with Crippen molar-refractivity contribution in [2.75, 3.05) is 31.0 Å². The first-order valence-corrected chi connectivity index (χ1v) is 11.4. The van der Waals surface area contributed by atoms with E-state index < -0.39 is 0 Å². The molecule has 172 valence electrons. The number of nitrogens with zero attached hydrogens (tertiary/aromatic N) is 2. The monoisotopic (exact) mass is 446 g/mol. The average molecular weight is 447 g/mol. The topological polar surface area (TPSA) is 32.8 Å². The SMILES string of the molecule is COc1ccc2c(c1)C(C(=O)N(Cc1ccc(N(C)C)cc1)c1ccc(C)c(F)c1)CCC2. The lowest BCUT2D eigenvalue weighted by molar-refractivity contribution is -0.120. The third kappa shape index (κ3) is 4.87. The lowest BCUT2D eigenvalue weighted by atomic mass is 9.81. The number of hydrogen-bond donors (Lipinski definition) is 0. The van der Waals surface area contributed by atoms with Crippen LogP contribution in [0.4, 0.5) is 15.8 Å². The Hall–Kier alpha value is -3.34. The van der Waals surface area contributed by atoms with Crippen LogP contribution in [0, 0.1) is 12.7 Å². The highest BCUT2D eigenvalue weighted by Gasteiger charge is 2.31. The van der Waals surface area contributed by atoms with Crippen molar-refractivity contribution >= 4 is 17.3 Å². The molecule has 0 saturated carbocycles. The van der Waals surface area contributed by atoms with Gasteiger partial charge < -0.3 is 14.5 Å². The van der Waals surface area contributed by atoms with E-state index in [1.165, 1.54) is 11.6 Å². The minimum atomic E-state index is -0.307. The first-order valence-electron chi connectivity index (χ1n) is 11.4. The van der Waals surface area contributed by atoms with Crippen LogP contribution >= 0.6 is 0 Å². The van der Waals surface area contributed by atoms with Crippen LogP contribution in [0.25, 0.3) is 0 Å². The van der Waals surface area contributed by atoms with E-state index in [2.05, 4.69) is 6.07 Å². The van der Waals surface area contributed by atoms with Gasteiger partial charge in [0.25, 0.3) is 0 Å². The van der Waals surface area contributed by atoms with Crippen LogP contribution in [0.15, 0.2) is 60.7 Å². The molecule has 1 aliphatic rings. The fourth-order valence-electron chi connectivity index (χ4n) is 4.48. The summed E-state index contributed by atoms with van der Waals surface area (Å²) in [4.78, 5) is 17.8. The van der Waals surface area contributed by atoms with Crippen molar-refractivity contribution in [1.82, 2.24) is 0 Å². The standard InChI is InChI=1S/C28H31FN2O2/c1-19-8-12-23(16-27(19)29)31(18-20-9-13-22(14-10-20)30(2)3)28(32)25-7-5-6-21-11-15-24(33-4)17-26(21)25/h8-17,25H,5-7,18H2,1-4H3. The summed E-state index contributed by atoms with van der Waals surface area (Å²) in [5.74, 6) is 0.151.